The van der Waals surface area contributed by atoms with Gasteiger partial charge in [0, 0.05) is 5.70 Å². The monoisotopic (exact) mass is 235 g/mol. The van der Waals surface area contributed by atoms with Crippen LogP contribution >= 0.6 is 0 Å². The zero-order chi connectivity index (χ0) is 13.3. The predicted molar refractivity (Wildman–Crippen MR) is 72.3 cm³/mol. The molecule has 1 saturated heterocycles. The van der Waals surface area contributed by atoms with Gasteiger partial charge < -0.3 is 15.0 Å². The smallest absolute Gasteiger partial charge is 0.402 e. The van der Waals surface area contributed by atoms with Gasteiger partial charge in [-0.15, -0.1) is 0 Å². The molecule has 0 atom stereocenters. The molecule has 4 heteroatoms. The molecular weight excluding hydrogens is 213 g/mol. The van der Waals surface area contributed by atoms with Gasteiger partial charge in [-0.05, 0) is 46.2 Å². The van der Waals surface area contributed by atoms with Crippen molar-refractivity contribution in [1.29, 1.82) is 0 Å². The number of nitrogens with two attached hydrogens (primary N) is 1. The second-order valence-corrected chi connectivity index (χ2v) is 5.37. The van der Waals surface area contributed by atoms with Gasteiger partial charge in [-0.2, -0.15) is 0 Å². The highest BCUT2D eigenvalue weighted by Crippen LogP contribution is 2.38. The summed E-state index contributed by atoms with van der Waals surface area (Å²) < 4.78 is 11.8. The minimum Gasteiger partial charge on any atom is -0.402 e. The van der Waals surface area contributed by atoms with Crippen LogP contribution in [-0.2, 0) is 9.31 Å². The Balaban J connectivity index is 2.93. The van der Waals surface area contributed by atoms with Crippen molar-refractivity contribution in [1.82, 2.24) is 0 Å². The molecule has 0 aromatic rings. The molecule has 1 heterocycles. The van der Waals surface area contributed by atoms with E-state index in [1.165, 1.54) is 0 Å². The van der Waals surface area contributed by atoms with Gasteiger partial charge in [-0.3, -0.25) is 0 Å². The van der Waals surface area contributed by atoms with Crippen LogP contribution in [0.15, 0.2) is 36.0 Å². The van der Waals surface area contributed by atoms with Crippen LogP contribution < -0.4 is 5.73 Å². The third-order valence-corrected chi connectivity index (χ3v) is 3.30. The first-order chi connectivity index (χ1) is 7.69. The highest BCUT2D eigenvalue weighted by molar-refractivity contribution is 6.55. The average Bonchev–Trinajstić information content (AvgIpc) is 2.36. The topological polar surface area (TPSA) is 44.5 Å². The molecule has 1 fully saturated rings. The molecule has 0 radical (unpaired) electrons. The van der Waals surface area contributed by atoms with E-state index in [0.29, 0.717) is 0 Å². The van der Waals surface area contributed by atoms with Crippen molar-refractivity contribution in [3.63, 3.8) is 0 Å². The van der Waals surface area contributed by atoms with E-state index < -0.39 is 0 Å². The largest absolute Gasteiger partial charge is 0.494 e. The molecule has 0 bridgehead atoms. The summed E-state index contributed by atoms with van der Waals surface area (Å²) >= 11 is 0. The lowest BCUT2D eigenvalue weighted by atomic mass is 9.78. The molecule has 1 aliphatic rings. The van der Waals surface area contributed by atoms with Crippen LogP contribution in [0.5, 0.6) is 0 Å². The molecule has 94 valence electrons. The standard InChI is InChI=1S/C13H22BNO2/c1-7-11(9-8-10(2)15)14-16-12(3,4)13(5,6)17-14/h7-9H,1,15H2,2-6H3/b10-8+,11-9+. The first-order valence-electron chi connectivity index (χ1n) is 5.81. The Labute approximate surface area is 105 Å². The van der Waals surface area contributed by atoms with Crippen molar-refractivity contribution < 1.29 is 9.31 Å². The molecule has 0 aliphatic carbocycles. The van der Waals surface area contributed by atoms with Gasteiger partial charge in [-0.25, -0.2) is 0 Å². The maximum Gasteiger partial charge on any atom is 0.494 e. The highest BCUT2D eigenvalue weighted by Gasteiger charge is 2.51. The van der Waals surface area contributed by atoms with E-state index in [9.17, 15) is 0 Å². The fourth-order valence-electron chi connectivity index (χ4n) is 1.45. The fraction of sp³-hybridized carbons (Fsp3) is 0.538. The van der Waals surface area contributed by atoms with Gasteiger partial charge in [0.2, 0.25) is 0 Å². The Hall–Kier alpha value is -0.995. The first kappa shape index (κ1) is 14.1. The van der Waals surface area contributed by atoms with E-state index in [0.717, 1.165) is 11.2 Å². The first-order valence-corrected chi connectivity index (χ1v) is 5.81. The molecule has 0 unspecified atom stereocenters. The number of hydrogen-bond acceptors (Lipinski definition) is 3. The summed E-state index contributed by atoms with van der Waals surface area (Å²) in [4.78, 5) is 0. The second-order valence-electron chi connectivity index (χ2n) is 5.37. The fourth-order valence-corrected chi connectivity index (χ4v) is 1.45. The number of hydrogen-bond donors (Lipinski definition) is 1. The Kier molecular flexibility index (Phi) is 3.90. The van der Waals surface area contributed by atoms with Crippen LogP contribution in [0.25, 0.3) is 0 Å². The summed E-state index contributed by atoms with van der Waals surface area (Å²) in [6, 6.07) is 0. The van der Waals surface area contributed by atoms with Crippen LogP contribution in [-0.4, -0.2) is 18.3 Å². The van der Waals surface area contributed by atoms with E-state index in [2.05, 4.69) is 6.58 Å². The molecule has 1 aliphatic heterocycles. The normalized spacial score (nSPS) is 23.9. The molecule has 2 N–H and O–H groups in total. The summed E-state index contributed by atoms with van der Waals surface area (Å²) in [6.45, 7) is 13.7. The maximum absolute atomic E-state index is 5.92. The highest BCUT2D eigenvalue weighted by atomic mass is 16.7. The van der Waals surface area contributed by atoms with Gasteiger partial charge in [-0.1, -0.05) is 18.7 Å². The minimum atomic E-state index is -0.381. The maximum atomic E-state index is 5.92. The van der Waals surface area contributed by atoms with Crippen molar-refractivity contribution in [2.45, 2.75) is 45.8 Å². The molecule has 0 amide bonds. The average molecular weight is 235 g/mol. The molecule has 0 aromatic carbocycles. The summed E-state index contributed by atoms with van der Waals surface area (Å²) in [7, 11) is -0.381. The lowest BCUT2D eigenvalue weighted by Crippen LogP contribution is -2.41. The third kappa shape index (κ3) is 3.02. The molecule has 0 spiro atoms. The van der Waals surface area contributed by atoms with Crippen molar-refractivity contribution >= 4 is 7.12 Å². The van der Waals surface area contributed by atoms with Crippen molar-refractivity contribution in [3.05, 3.63) is 36.0 Å². The minimum absolute atomic E-state index is 0.332. The molecule has 0 aromatic heterocycles. The molecule has 3 nitrogen and oxygen atoms in total. The Morgan fingerprint density at radius 2 is 1.59 bits per heavy atom. The van der Waals surface area contributed by atoms with Crippen molar-refractivity contribution in [2.75, 3.05) is 0 Å². The number of rotatable bonds is 3. The SMILES string of the molecule is C=C/C(=C\C=C(/C)N)B1OC(C)(C)C(C)(C)O1. The van der Waals surface area contributed by atoms with Crippen LogP contribution in [0.4, 0.5) is 0 Å². The number of allylic oxidation sites excluding steroid dienone is 5. The third-order valence-electron chi connectivity index (χ3n) is 3.30. The summed E-state index contributed by atoms with van der Waals surface area (Å²) in [5, 5.41) is 0. The van der Waals surface area contributed by atoms with Gasteiger partial charge in [0.05, 0.1) is 11.2 Å². The Morgan fingerprint density at radius 3 is 1.94 bits per heavy atom. The molecule has 17 heavy (non-hydrogen) atoms. The van der Waals surface area contributed by atoms with E-state index >= 15 is 0 Å². The van der Waals surface area contributed by atoms with Crippen molar-refractivity contribution in [3.8, 4) is 0 Å². The van der Waals surface area contributed by atoms with E-state index in [1.54, 1.807) is 6.08 Å². The quantitative estimate of drug-likeness (QED) is 0.604. The Morgan fingerprint density at radius 1 is 1.12 bits per heavy atom. The van der Waals surface area contributed by atoms with E-state index in [1.807, 2.05) is 46.8 Å². The zero-order valence-electron chi connectivity index (χ0n) is 11.4. The molecular formula is C13H22BNO2. The molecule has 0 saturated carbocycles. The second kappa shape index (κ2) is 4.71. The zero-order valence-corrected chi connectivity index (χ0v) is 11.4. The van der Waals surface area contributed by atoms with Crippen LogP contribution in [0.2, 0.25) is 0 Å². The van der Waals surface area contributed by atoms with Crippen LogP contribution in [0.1, 0.15) is 34.6 Å². The van der Waals surface area contributed by atoms with Crippen molar-refractivity contribution in [2.24, 2.45) is 5.73 Å². The van der Waals surface area contributed by atoms with Gasteiger partial charge in [0.1, 0.15) is 0 Å². The van der Waals surface area contributed by atoms with Crippen LogP contribution in [0.3, 0.4) is 0 Å². The molecule has 1 rings (SSSR count). The summed E-state index contributed by atoms with van der Waals surface area (Å²) in [5.74, 6) is 0. The van der Waals surface area contributed by atoms with E-state index in [4.69, 9.17) is 15.0 Å². The lowest BCUT2D eigenvalue weighted by molar-refractivity contribution is 0.00578. The van der Waals surface area contributed by atoms with Crippen LogP contribution in [0, 0.1) is 0 Å². The van der Waals surface area contributed by atoms with Gasteiger partial charge in [0.15, 0.2) is 0 Å². The Bertz CT molecular complexity index is 350. The van der Waals surface area contributed by atoms with Gasteiger partial charge >= 0.3 is 7.12 Å². The summed E-state index contributed by atoms with van der Waals surface area (Å²) in [5.41, 5.74) is 6.56. The lowest BCUT2D eigenvalue weighted by Gasteiger charge is -2.32. The predicted octanol–water partition coefficient (Wildman–Crippen LogP) is 2.59. The van der Waals surface area contributed by atoms with E-state index in [-0.39, 0.29) is 18.3 Å². The summed E-state index contributed by atoms with van der Waals surface area (Å²) in [6.07, 6.45) is 5.44. The van der Waals surface area contributed by atoms with Gasteiger partial charge in [0.25, 0.3) is 0 Å².